The minimum atomic E-state index is -1.39. The van der Waals surface area contributed by atoms with Crippen LogP contribution >= 0.6 is 11.6 Å². The van der Waals surface area contributed by atoms with Crippen LogP contribution in [0.15, 0.2) is 47.4 Å². The van der Waals surface area contributed by atoms with Gasteiger partial charge in [-0.15, -0.1) is 0 Å². The molecule has 0 saturated carbocycles. The summed E-state index contributed by atoms with van der Waals surface area (Å²) in [6, 6.07) is 9.15. The molecule has 2 aromatic heterocycles. The Morgan fingerprint density at radius 3 is 2.69 bits per heavy atom. The van der Waals surface area contributed by atoms with Crippen molar-refractivity contribution in [3.05, 3.63) is 86.0 Å². The van der Waals surface area contributed by atoms with E-state index in [1.54, 1.807) is 24.3 Å². The molecule has 0 bridgehead atoms. The molecule has 0 atom stereocenters. The van der Waals surface area contributed by atoms with Crippen molar-refractivity contribution >= 4 is 29.2 Å². The monoisotopic (exact) mass is 418 g/mol. The predicted octanol–water partition coefficient (Wildman–Crippen LogP) is 3.24. The maximum absolute atomic E-state index is 14.2. The van der Waals surface area contributed by atoms with Crippen molar-refractivity contribution in [3.63, 3.8) is 0 Å². The van der Waals surface area contributed by atoms with Gasteiger partial charge in [0.15, 0.2) is 0 Å². The molecular formula is C20H16ClFN2O5. The molecule has 0 aliphatic rings. The maximum Gasteiger partial charge on any atom is 0.407 e. The Morgan fingerprint density at radius 1 is 1.24 bits per heavy atom. The van der Waals surface area contributed by atoms with Crippen LogP contribution in [0.4, 0.5) is 9.18 Å². The molecule has 0 spiro atoms. The number of rotatable bonds is 5. The maximum atomic E-state index is 14.2. The lowest BCUT2D eigenvalue weighted by Gasteiger charge is -2.12. The van der Waals surface area contributed by atoms with Crippen molar-refractivity contribution in [2.45, 2.75) is 13.0 Å². The number of carboxylic acids is 1. The highest BCUT2D eigenvalue weighted by molar-refractivity contribution is 6.30. The number of carbonyl (C=O) groups excluding carboxylic acids is 1. The van der Waals surface area contributed by atoms with Gasteiger partial charge in [-0.3, -0.25) is 9.20 Å². The first-order valence-corrected chi connectivity index (χ1v) is 8.84. The fourth-order valence-electron chi connectivity index (χ4n) is 2.96. The molecule has 1 aromatic carbocycles. The number of hydrogen-bond acceptors (Lipinski definition) is 4. The van der Waals surface area contributed by atoms with Crippen molar-refractivity contribution < 1.29 is 23.8 Å². The van der Waals surface area contributed by atoms with Crippen molar-refractivity contribution in [3.8, 4) is 0 Å². The molecule has 7 nitrogen and oxygen atoms in total. The summed E-state index contributed by atoms with van der Waals surface area (Å²) < 4.78 is 19.9. The van der Waals surface area contributed by atoms with Gasteiger partial charge in [0.25, 0.3) is 5.56 Å². The van der Waals surface area contributed by atoms with Gasteiger partial charge < -0.3 is 15.2 Å². The lowest BCUT2D eigenvalue weighted by atomic mass is 10.0. The number of carbonyl (C=O) groups is 2. The highest BCUT2D eigenvalue weighted by Crippen LogP contribution is 2.21. The summed E-state index contributed by atoms with van der Waals surface area (Å²) in [6.07, 6.45) is 0.910. The van der Waals surface area contributed by atoms with Crippen LogP contribution in [0, 0.1) is 5.82 Å². The molecule has 1 amide bonds. The number of alkyl carbamates (subject to hydrolysis) is 1. The molecule has 3 rings (SSSR count). The van der Waals surface area contributed by atoms with Gasteiger partial charge in [0.2, 0.25) is 0 Å². The Morgan fingerprint density at radius 2 is 2.00 bits per heavy atom. The first-order chi connectivity index (χ1) is 13.8. The Kier molecular flexibility index (Phi) is 5.84. The molecule has 0 saturated heterocycles. The van der Waals surface area contributed by atoms with Crippen LogP contribution in [0.1, 0.15) is 27.0 Å². The number of hydrogen-bond donors (Lipinski definition) is 2. The SMILES string of the molecule is COC(=O)NCc1cc(C(=O)O)c(=O)n2cc(Cc3cccc(Cl)c3F)ccc12. The van der Waals surface area contributed by atoms with E-state index in [1.807, 2.05) is 0 Å². The fraction of sp³-hybridized carbons (Fsp3) is 0.150. The number of nitrogens with one attached hydrogen (secondary N) is 1. The second-order valence-corrected chi connectivity index (χ2v) is 6.63. The van der Waals surface area contributed by atoms with Gasteiger partial charge in [0.1, 0.15) is 11.4 Å². The van der Waals surface area contributed by atoms with Crippen LogP contribution in [0.2, 0.25) is 5.02 Å². The second-order valence-electron chi connectivity index (χ2n) is 6.22. The van der Waals surface area contributed by atoms with Gasteiger partial charge in [-0.1, -0.05) is 29.8 Å². The summed E-state index contributed by atoms with van der Waals surface area (Å²) in [5.74, 6) is -1.95. The minimum Gasteiger partial charge on any atom is -0.477 e. The van der Waals surface area contributed by atoms with Crippen LogP contribution in [-0.4, -0.2) is 28.7 Å². The summed E-state index contributed by atoms with van der Waals surface area (Å²) in [7, 11) is 1.20. The normalized spacial score (nSPS) is 10.7. The van der Waals surface area contributed by atoms with Crippen molar-refractivity contribution in [1.82, 2.24) is 9.72 Å². The Hall–Kier alpha value is -3.39. The molecule has 0 fully saturated rings. The van der Waals surface area contributed by atoms with E-state index >= 15 is 0 Å². The fourth-order valence-corrected chi connectivity index (χ4v) is 3.15. The van der Waals surface area contributed by atoms with E-state index in [0.29, 0.717) is 22.2 Å². The quantitative estimate of drug-likeness (QED) is 0.663. The summed E-state index contributed by atoms with van der Waals surface area (Å²) >= 11 is 5.81. The van der Waals surface area contributed by atoms with Gasteiger partial charge in [-0.05, 0) is 34.9 Å². The third kappa shape index (κ3) is 4.22. The molecule has 3 aromatic rings. The summed E-state index contributed by atoms with van der Waals surface area (Å²) in [5.41, 5.74) is 0.555. The third-order valence-corrected chi connectivity index (χ3v) is 4.66. The summed E-state index contributed by atoms with van der Waals surface area (Å²) in [4.78, 5) is 35.5. The first kappa shape index (κ1) is 20.3. The number of nitrogens with zero attached hydrogens (tertiary/aromatic N) is 1. The van der Waals surface area contributed by atoms with E-state index in [0.717, 1.165) is 0 Å². The second kappa shape index (κ2) is 8.32. The molecule has 2 N–H and O–H groups in total. The van der Waals surface area contributed by atoms with E-state index in [1.165, 1.54) is 29.8 Å². The zero-order valence-corrected chi connectivity index (χ0v) is 16.0. The average Bonchev–Trinajstić information content (AvgIpc) is 2.70. The molecule has 9 heteroatoms. The minimum absolute atomic E-state index is 0.00945. The number of aromatic carboxylic acids is 1. The standard InChI is InChI=1S/C20H16ClFN2O5/c1-29-20(28)23-9-13-8-14(19(26)27)18(25)24-10-11(5-6-16(13)24)7-12-3-2-4-15(21)17(12)22/h2-6,8,10H,7,9H2,1H3,(H,23,28)(H,26,27). The zero-order chi connectivity index (χ0) is 21.1. The van der Waals surface area contributed by atoms with Gasteiger partial charge in [-0.25, -0.2) is 14.0 Å². The highest BCUT2D eigenvalue weighted by atomic mass is 35.5. The first-order valence-electron chi connectivity index (χ1n) is 8.47. The van der Waals surface area contributed by atoms with Gasteiger partial charge in [-0.2, -0.15) is 0 Å². The number of halogens is 2. The van der Waals surface area contributed by atoms with E-state index in [9.17, 15) is 23.9 Å². The Bertz CT molecular complexity index is 1180. The van der Waals surface area contributed by atoms with E-state index in [4.69, 9.17) is 11.6 Å². The largest absolute Gasteiger partial charge is 0.477 e. The number of amides is 1. The predicted molar refractivity (Wildman–Crippen MR) is 104 cm³/mol. The molecule has 0 aliphatic carbocycles. The number of fused-ring (bicyclic) bond motifs is 1. The van der Waals surface area contributed by atoms with Crippen molar-refractivity contribution in [2.75, 3.05) is 7.11 Å². The number of carboxylic acid groups (broad SMARTS) is 1. The molecule has 0 radical (unpaired) electrons. The lowest BCUT2D eigenvalue weighted by molar-refractivity contribution is 0.0694. The van der Waals surface area contributed by atoms with E-state index in [2.05, 4.69) is 10.1 Å². The Labute approximate surface area is 169 Å². The molecule has 0 unspecified atom stereocenters. The average molecular weight is 419 g/mol. The Balaban J connectivity index is 2.09. The van der Waals surface area contributed by atoms with Crippen LogP contribution in [-0.2, 0) is 17.7 Å². The van der Waals surface area contributed by atoms with E-state index < -0.39 is 29.0 Å². The van der Waals surface area contributed by atoms with Gasteiger partial charge in [0.05, 0.1) is 17.6 Å². The molecular weight excluding hydrogens is 403 g/mol. The molecule has 150 valence electrons. The summed E-state index contributed by atoms with van der Waals surface area (Å²) in [6.45, 7) is -0.0427. The summed E-state index contributed by atoms with van der Waals surface area (Å²) in [5, 5.41) is 11.8. The topological polar surface area (TPSA) is 97.1 Å². The number of benzene rings is 1. The smallest absolute Gasteiger partial charge is 0.407 e. The molecule has 29 heavy (non-hydrogen) atoms. The van der Waals surface area contributed by atoms with E-state index in [-0.39, 0.29) is 18.0 Å². The van der Waals surface area contributed by atoms with Crippen molar-refractivity contribution in [2.24, 2.45) is 0 Å². The van der Waals surface area contributed by atoms with Crippen LogP contribution in [0.3, 0.4) is 0 Å². The van der Waals surface area contributed by atoms with Crippen molar-refractivity contribution in [1.29, 1.82) is 0 Å². The van der Waals surface area contributed by atoms with Crippen LogP contribution in [0.5, 0.6) is 0 Å². The highest BCUT2D eigenvalue weighted by Gasteiger charge is 2.16. The van der Waals surface area contributed by atoms with Crippen LogP contribution < -0.4 is 10.9 Å². The third-order valence-electron chi connectivity index (χ3n) is 4.37. The molecule has 0 aliphatic heterocycles. The lowest BCUT2D eigenvalue weighted by Crippen LogP contribution is -2.27. The zero-order valence-electron chi connectivity index (χ0n) is 15.2. The number of methoxy groups -OCH3 is 1. The van der Waals surface area contributed by atoms with Crippen LogP contribution in [0.25, 0.3) is 5.52 Å². The number of aromatic nitrogens is 1. The van der Waals surface area contributed by atoms with Gasteiger partial charge >= 0.3 is 12.1 Å². The van der Waals surface area contributed by atoms with Gasteiger partial charge in [0, 0.05) is 19.2 Å². The number of pyridine rings is 2. The molecule has 2 heterocycles. The number of ether oxygens (including phenoxy) is 1.